The molecule has 0 spiro atoms. The summed E-state index contributed by atoms with van der Waals surface area (Å²) < 4.78 is 30.8. The molecule has 5 rings (SSSR count). The molecule has 2 bridgehead atoms. The van der Waals surface area contributed by atoms with Crippen LogP contribution in [-0.2, 0) is 14.3 Å². The van der Waals surface area contributed by atoms with Crippen molar-refractivity contribution in [1.82, 2.24) is 0 Å². The largest absolute Gasteiger partial charge is 0.297 e. The number of benzene rings is 1. The standard InChI is InChI=1S/C17H20O3S/c1-9-2-4-10(5-3-9)21(18,19)20-17-14-8-13-11-6-7-12(14)15(11)16(13)17/h2-5,11-17H,6-8H2,1H3/t11-,12+,13+,14-,15-,16-,17+/m1/s1. The molecule has 4 heteroatoms. The highest BCUT2D eigenvalue weighted by molar-refractivity contribution is 7.86. The highest BCUT2D eigenvalue weighted by Crippen LogP contribution is 2.75. The molecule has 3 nitrogen and oxygen atoms in total. The zero-order valence-electron chi connectivity index (χ0n) is 12.1. The van der Waals surface area contributed by atoms with E-state index in [-0.39, 0.29) is 6.10 Å². The highest BCUT2D eigenvalue weighted by atomic mass is 32.2. The van der Waals surface area contributed by atoms with E-state index in [9.17, 15) is 8.42 Å². The lowest BCUT2D eigenvalue weighted by Gasteiger charge is -2.48. The van der Waals surface area contributed by atoms with Gasteiger partial charge in [-0.3, -0.25) is 4.18 Å². The molecule has 4 fully saturated rings. The second-order valence-electron chi connectivity index (χ2n) is 7.45. The van der Waals surface area contributed by atoms with Crippen molar-refractivity contribution in [2.45, 2.75) is 37.2 Å². The van der Waals surface area contributed by atoms with Crippen LogP contribution in [0.25, 0.3) is 0 Å². The molecular weight excluding hydrogens is 284 g/mol. The third-order valence-corrected chi connectivity index (χ3v) is 8.08. The molecule has 0 saturated heterocycles. The van der Waals surface area contributed by atoms with Crippen LogP contribution in [0.4, 0.5) is 0 Å². The van der Waals surface area contributed by atoms with Crippen molar-refractivity contribution in [2.75, 3.05) is 0 Å². The fourth-order valence-electron chi connectivity index (χ4n) is 6.07. The van der Waals surface area contributed by atoms with E-state index >= 15 is 0 Å². The van der Waals surface area contributed by atoms with Gasteiger partial charge in [-0.15, -0.1) is 0 Å². The van der Waals surface area contributed by atoms with Gasteiger partial charge < -0.3 is 0 Å². The molecule has 0 radical (unpaired) electrons. The van der Waals surface area contributed by atoms with Crippen LogP contribution in [0.15, 0.2) is 29.2 Å². The molecular formula is C17H20O3S. The van der Waals surface area contributed by atoms with E-state index in [2.05, 4.69) is 0 Å². The van der Waals surface area contributed by atoms with E-state index in [1.165, 1.54) is 19.3 Å². The highest BCUT2D eigenvalue weighted by Gasteiger charge is 2.73. The summed E-state index contributed by atoms with van der Waals surface area (Å²) in [6, 6.07) is 6.99. The molecule has 7 atom stereocenters. The van der Waals surface area contributed by atoms with Crippen LogP contribution >= 0.6 is 0 Å². The van der Waals surface area contributed by atoms with Crippen molar-refractivity contribution in [3.8, 4) is 0 Å². The van der Waals surface area contributed by atoms with Crippen molar-refractivity contribution in [3.63, 3.8) is 0 Å². The van der Waals surface area contributed by atoms with Crippen molar-refractivity contribution in [1.29, 1.82) is 0 Å². The van der Waals surface area contributed by atoms with Crippen LogP contribution in [0.1, 0.15) is 24.8 Å². The lowest BCUT2D eigenvalue weighted by atomic mass is 9.56. The number of hydrogen-bond donors (Lipinski definition) is 0. The van der Waals surface area contributed by atoms with E-state index in [1.54, 1.807) is 12.1 Å². The zero-order chi connectivity index (χ0) is 14.4. The van der Waals surface area contributed by atoms with Crippen molar-refractivity contribution in [3.05, 3.63) is 29.8 Å². The summed E-state index contributed by atoms with van der Waals surface area (Å²) in [5.74, 6) is 4.23. The molecule has 1 aromatic carbocycles. The van der Waals surface area contributed by atoms with Crippen LogP contribution in [0, 0.1) is 42.4 Å². The van der Waals surface area contributed by atoms with Gasteiger partial charge in [0, 0.05) is 0 Å². The molecule has 4 aliphatic rings. The molecule has 0 aromatic heterocycles. The van der Waals surface area contributed by atoms with Crippen LogP contribution in [-0.4, -0.2) is 14.5 Å². The number of fused-ring (bicyclic) bond motifs is 3. The van der Waals surface area contributed by atoms with E-state index in [1.807, 2.05) is 19.1 Å². The van der Waals surface area contributed by atoms with Crippen molar-refractivity contribution in [2.24, 2.45) is 35.5 Å². The maximum atomic E-state index is 12.5. The summed E-state index contributed by atoms with van der Waals surface area (Å²) >= 11 is 0. The van der Waals surface area contributed by atoms with Crippen LogP contribution in [0.3, 0.4) is 0 Å². The smallest absolute Gasteiger partial charge is 0.262 e. The number of aryl methyl sites for hydroxylation is 1. The Morgan fingerprint density at radius 1 is 0.952 bits per heavy atom. The number of rotatable bonds is 3. The first-order chi connectivity index (χ1) is 10.1. The molecule has 112 valence electrons. The SMILES string of the molecule is Cc1ccc(S(=O)(=O)O[C@H]2[C@@H]3C[C@H]4[C@H]5CC[C@@H]3[C@@H]5[C@@H]42)cc1. The molecule has 0 heterocycles. The molecule has 1 aromatic rings. The third-order valence-electron chi connectivity index (χ3n) is 6.75. The Morgan fingerprint density at radius 3 is 2.29 bits per heavy atom. The Bertz CT molecular complexity index is 687. The zero-order valence-corrected chi connectivity index (χ0v) is 12.9. The monoisotopic (exact) mass is 304 g/mol. The second kappa shape index (κ2) is 3.90. The Labute approximate surface area is 125 Å². The summed E-state index contributed by atoms with van der Waals surface area (Å²) in [6.45, 7) is 1.96. The summed E-state index contributed by atoms with van der Waals surface area (Å²) in [7, 11) is -3.61. The van der Waals surface area contributed by atoms with Crippen LogP contribution in [0.5, 0.6) is 0 Å². The van der Waals surface area contributed by atoms with Gasteiger partial charge in [0.1, 0.15) is 0 Å². The minimum atomic E-state index is -3.61. The fraction of sp³-hybridized carbons (Fsp3) is 0.647. The topological polar surface area (TPSA) is 43.4 Å². The Morgan fingerprint density at radius 2 is 1.62 bits per heavy atom. The van der Waals surface area contributed by atoms with Gasteiger partial charge >= 0.3 is 0 Å². The third kappa shape index (κ3) is 1.50. The maximum Gasteiger partial charge on any atom is 0.297 e. The first-order valence-corrected chi connectivity index (χ1v) is 9.47. The Hall–Kier alpha value is -0.870. The van der Waals surface area contributed by atoms with Gasteiger partial charge in [-0.2, -0.15) is 8.42 Å². The normalized spacial score (nSPS) is 45.9. The van der Waals surface area contributed by atoms with Gasteiger partial charge in [0.15, 0.2) is 0 Å². The van der Waals surface area contributed by atoms with E-state index in [0.717, 1.165) is 29.2 Å². The van der Waals surface area contributed by atoms with Gasteiger partial charge in [0.05, 0.1) is 11.0 Å². The van der Waals surface area contributed by atoms with Gasteiger partial charge in [-0.1, -0.05) is 17.7 Å². The van der Waals surface area contributed by atoms with Gasteiger partial charge in [-0.05, 0) is 73.8 Å². The summed E-state index contributed by atoms with van der Waals surface area (Å²) in [4.78, 5) is 0.304. The molecule has 0 aliphatic heterocycles. The van der Waals surface area contributed by atoms with Crippen molar-refractivity contribution < 1.29 is 12.6 Å². The maximum absolute atomic E-state index is 12.5. The molecule has 4 saturated carbocycles. The van der Waals surface area contributed by atoms with Crippen LogP contribution < -0.4 is 0 Å². The molecule has 0 N–H and O–H groups in total. The summed E-state index contributed by atoms with van der Waals surface area (Å²) in [5.41, 5.74) is 1.06. The van der Waals surface area contributed by atoms with Gasteiger partial charge in [-0.25, -0.2) is 0 Å². The van der Waals surface area contributed by atoms with Gasteiger partial charge in [0.25, 0.3) is 10.1 Å². The number of hydrogen-bond acceptors (Lipinski definition) is 3. The van der Waals surface area contributed by atoms with Crippen LogP contribution in [0.2, 0.25) is 0 Å². The van der Waals surface area contributed by atoms with Gasteiger partial charge in [0.2, 0.25) is 0 Å². The molecule has 0 unspecified atom stereocenters. The second-order valence-corrected chi connectivity index (χ2v) is 9.02. The Balaban J connectivity index is 1.43. The lowest BCUT2D eigenvalue weighted by Crippen LogP contribution is -2.45. The summed E-state index contributed by atoms with van der Waals surface area (Å²) in [6.07, 6.45) is 3.86. The molecule has 21 heavy (non-hydrogen) atoms. The molecule has 4 aliphatic carbocycles. The summed E-state index contributed by atoms with van der Waals surface area (Å²) in [5, 5.41) is 0. The van der Waals surface area contributed by atoms with E-state index in [0.29, 0.717) is 16.7 Å². The van der Waals surface area contributed by atoms with Crippen molar-refractivity contribution >= 4 is 10.1 Å². The predicted octanol–water partition coefficient (Wildman–Crippen LogP) is 2.99. The Kier molecular flexibility index (Phi) is 2.35. The van der Waals surface area contributed by atoms with E-state index in [4.69, 9.17) is 4.18 Å². The molecule has 0 amide bonds. The average Bonchev–Trinajstić information content (AvgIpc) is 2.95. The quantitative estimate of drug-likeness (QED) is 0.806. The first-order valence-electron chi connectivity index (χ1n) is 8.06. The first kappa shape index (κ1) is 12.7. The van der Waals surface area contributed by atoms with E-state index < -0.39 is 10.1 Å². The minimum Gasteiger partial charge on any atom is -0.262 e. The lowest BCUT2D eigenvalue weighted by molar-refractivity contribution is -0.0255. The fourth-order valence-corrected chi connectivity index (χ4v) is 7.22. The predicted molar refractivity (Wildman–Crippen MR) is 78.0 cm³/mol. The minimum absolute atomic E-state index is 0.0344. The average molecular weight is 304 g/mol.